The average molecular weight is 802 g/mol. The quantitative estimate of drug-likeness (QED) is 0.0337. The summed E-state index contributed by atoms with van der Waals surface area (Å²) in [4.78, 5) is 64.5. The molecule has 0 bridgehead atoms. The third kappa shape index (κ3) is 14.7. The third-order valence-corrected chi connectivity index (χ3v) is 8.78. The van der Waals surface area contributed by atoms with Crippen molar-refractivity contribution in [3.8, 4) is 0 Å². The summed E-state index contributed by atoms with van der Waals surface area (Å²) in [6.45, 7) is 10.4. The Morgan fingerprint density at radius 1 is 0.534 bits per heavy atom. The molecule has 0 saturated heterocycles. The summed E-state index contributed by atoms with van der Waals surface area (Å²) in [5, 5.41) is 3.42. The first-order valence-corrected chi connectivity index (χ1v) is 18.5. The second-order valence-corrected chi connectivity index (χ2v) is 13.8. The van der Waals surface area contributed by atoms with Gasteiger partial charge < -0.3 is 23.8 Å². The number of benzene rings is 4. The van der Waals surface area contributed by atoms with Gasteiger partial charge in [-0.2, -0.15) is 0 Å². The molecule has 0 aliphatic rings. The topological polar surface area (TPSA) is 144 Å². The van der Waals surface area contributed by atoms with Crippen molar-refractivity contribution in [1.29, 1.82) is 0 Å². The van der Waals surface area contributed by atoms with Crippen molar-refractivity contribution in [2.75, 3.05) is 20.3 Å². The number of oxime groups is 1. The molecule has 58 heavy (non-hydrogen) atoms. The Morgan fingerprint density at radius 3 is 1.12 bits per heavy atom. The second-order valence-electron chi connectivity index (χ2n) is 13.8. The van der Waals surface area contributed by atoms with E-state index in [-0.39, 0.29) is 25.1 Å². The molecule has 4 aromatic rings. The Labute approximate surface area is 337 Å². The molecule has 0 heterocycles. The summed E-state index contributed by atoms with van der Waals surface area (Å²) in [6, 6.07) is 27.0. The van der Waals surface area contributed by atoms with Crippen molar-refractivity contribution in [3.05, 3.63) is 142 Å². The summed E-state index contributed by atoms with van der Waals surface area (Å²) >= 11 is 0. The van der Waals surface area contributed by atoms with Gasteiger partial charge in [-0.1, -0.05) is 89.8 Å². The number of carbonyl (C=O) groups excluding carboxylic acids is 5. The highest BCUT2D eigenvalue weighted by atomic mass is 19.1. The van der Waals surface area contributed by atoms with Crippen molar-refractivity contribution >= 4 is 36.4 Å². The predicted octanol–water partition coefficient (Wildman–Crippen LogP) is 8.15. The van der Waals surface area contributed by atoms with Gasteiger partial charge >= 0.3 is 23.9 Å². The van der Waals surface area contributed by atoms with E-state index in [0.29, 0.717) is 16.7 Å². The molecule has 0 N–H and O–H groups in total. The van der Waals surface area contributed by atoms with Crippen LogP contribution in [0.2, 0.25) is 0 Å². The summed E-state index contributed by atoms with van der Waals surface area (Å²) in [6.07, 6.45) is -5.37. The van der Waals surface area contributed by atoms with Crippen LogP contribution in [0.25, 0.3) is 0 Å². The number of halogens is 2. The zero-order valence-corrected chi connectivity index (χ0v) is 33.6. The maximum atomic E-state index is 14.7. The van der Waals surface area contributed by atoms with Crippen molar-refractivity contribution in [2.24, 2.45) is 17.0 Å². The lowest BCUT2D eigenvalue weighted by molar-refractivity contribution is -0.117. The van der Waals surface area contributed by atoms with Gasteiger partial charge in [0.2, 0.25) is 0 Å². The third-order valence-electron chi connectivity index (χ3n) is 8.78. The maximum absolute atomic E-state index is 14.7. The SMILES string of the molecule is CON=C[C@@H](F)[C@@H](OC(=O)c1ccc(C)cc1)[C@@H](C)COC(=O)c1ccc(C)cc1.Cc1ccc(C(=O)OC[C@H](C)[C@@H](OC(=O)c2ccc(C)cc2)[C@H](F)C=O)cc1. The molecule has 0 unspecified atom stereocenters. The molecular weight excluding hydrogens is 752 g/mol. The normalized spacial score (nSPS) is 13.9. The van der Waals surface area contributed by atoms with E-state index in [9.17, 15) is 32.8 Å². The lowest BCUT2D eigenvalue weighted by Crippen LogP contribution is -2.37. The van der Waals surface area contributed by atoms with Crippen molar-refractivity contribution < 1.29 is 56.5 Å². The minimum absolute atomic E-state index is 0.0748. The predicted molar refractivity (Wildman–Crippen MR) is 213 cm³/mol. The van der Waals surface area contributed by atoms with Gasteiger partial charge in [0.1, 0.15) is 19.3 Å². The highest BCUT2D eigenvalue weighted by Gasteiger charge is 2.33. The van der Waals surface area contributed by atoms with E-state index >= 15 is 0 Å². The number of carbonyl (C=O) groups is 5. The number of rotatable bonds is 17. The number of alkyl halides is 2. The van der Waals surface area contributed by atoms with E-state index < -0.39 is 60.3 Å². The number of esters is 4. The molecule has 0 fully saturated rings. The van der Waals surface area contributed by atoms with E-state index in [2.05, 4.69) is 9.99 Å². The van der Waals surface area contributed by atoms with E-state index in [1.165, 1.54) is 7.11 Å². The highest BCUT2D eigenvalue weighted by molar-refractivity contribution is 5.91. The number of hydrogen-bond acceptors (Lipinski definition) is 11. The summed E-state index contributed by atoms with van der Waals surface area (Å²) in [5.41, 5.74) is 5.25. The largest absolute Gasteiger partial charge is 0.462 e. The smallest absolute Gasteiger partial charge is 0.338 e. The summed E-state index contributed by atoms with van der Waals surface area (Å²) in [7, 11) is 1.28. The molecule has 0 aromatic heterocycles. The van der Waals surface area contributed by atoms with Crippen molar-refractivity contribution in [2.45, 2.75) is 66.1 Å². The van der Waals surface area contributed by atoms with Gasteiger partial charge in [-0.15, -0.1) is 0 Å². The fraction of sp³-hybridized carbons (Fsp3) is 0.333. The number of hydrogen-bond donors (Lipinski definition) is 0. The maximum Gasteiger partial charge on any atom is 0.338 e. The fourth-order valence-corrected chi connectivity index (χ4v) is 5.18. The van der Waals surface area contributed by atoms with Crippen LogP contribution < -0.4 is 0 Å². The average Bonchev–Trinajstić information content (AvgIpc) is 3.22. The minimum atomic E-state index is -2.03. The molecule has 13 heteroatoms. The first-order valence-electron chi connectivity index (χ1n) is 18.5. The molecule has 4 aromatic carbocycles. The van der Waals surface area contributed by atoms with E-state index in [1.54, 1.807) is 111 Å². The van der Waals surface area contributed by atoms with Crippen LogP contribution in [0.3, 0.4) is 0 Å². The zero-order valence-electron chi connectivity index (χ0n) is 33.6. The Hall–Kier alpha value is -6.24. The lowest BCUT2D eigenvalue weighted by atomic mass is 10.0. The highest BCUT2D eigenvalue weighted by Crippen LogP contribution is 2.20. The van der Waals surface area contributed by atoms with Crippen molar-refractivity contribution in [1.82, 2.24) is 0 Å². The number of nitrogens with zero attached hydrogens (tertiary/aromatic N) is 1. The Morgan fingerprint density at radius 2 is 0.828 bits per heavy atom. The fourth-order valence-electron chi connectivity index (χ4n) is 5.18. The molecule has 6 atom stereocenters. The number of aldehydes is 1. The van der Waals surface area contributed by atoms with Gasteiger partial charge in [0.25, 0.3) is 0 Å². The van der Waals surface area contributed by atoms with Crippen LogP contribution in [0.4, 0.5) is 8.78 Å². The molecule has 0 aliphatic heterocycles. The molecule has 4 rings (SSSR count). The van der Waals surface area contributed by atoms with Gasteiger partial charge in [-0.3, -0.25) is 4.79 Å². The van der Waals surface area contributed by atoms with Gasteiger partial charge in [0.15, 0.2) is 18.6 Å². The van der Waals surface area contributed by atoms with Crippen molar-refractivity contribution in [3.63, 3.8) is 0 Å². The minimum Gasteiger partial charge on any atom is -0.462 e. The molecule has 0 saturated carbocycles. The molecule has 0 spiro atoms. The monoisotopic (exact) mass is 801 g/mol. The number of ether oxygens (including phenoxy) is 4. The Balaban J connectivity index is 0.000000311. The van der Waals surface area contributed by atoms with Gasteiger partial charge in [-0.25, -0.2) is 28.0 Å². The van der Waals surface area contributed by atoms with E-state index in [4.69, 9.17) is 18.9 Å². The van der Waals surface area contributed by atoms with E-state index in [0.717, 1.165) is 28.5 Å². The Kier molecular flexibility index (Phi) is 18.4. The Bertz CT molecular complexity index is 1970. The van der Waals surface area contributed by atoms with Crippen LogP contribution in [0.5, 0.6) is 0 Å². The van der Waals surface area contributed by atoms with Crippen LogP contribution in [-0.2, 0) is 28.6 Å². The zero-order chi connectivity index (χ0) is 42.8. The molecule has 0 amide bonds. The van der Waals surface area contributed by atoms with Crippen LogP contribution in [0.1, 0.15) is 77.5 Å². The second kappa shape index (κ2) is 23.1. The summed E-state index contributed by atoms with van der Waals surface area (Å²) < 4.78 is 49.9. The summed E-state index contributed by atoms with van der Waals surface area (Å²) in [5.74, 6) is -3.88. The van der Waals surface area contributed by atoms with Gasteiger partial charge in [0.05, 0.1) is 41.7 Å². The molecule has 0 radical (unpaired) electrons. The molecule has 0 aliphatic carbocycles. The van der Waals surface area contributed by atoms with Gasteiger partial charge in [0, 0.05) is 11.8 Å². The van der Waals surface area contributed by atoms with E-state index in [1.807, 2.05) is 27.7 Å². The lowest BCUT2D eigenvalue weighted by Gasteiger charge is -2.25. The first-order chi connectivity index (χ1) is 27.6. The molecule has 308 valence electrons. The standard InChI is InChI=1S/C23H26FNO5.C22H23FO5/c1-15-5-9-18(10-6-15)22(26)29-14-17(3)21(20(24)13-25-28-4)30-23(27)19-11-7-16(2)8-12-19;1-14-4-8-17(9-5-14)21(25)27-13-16(3)20(19(23)12-24)28-22(26)18-10-6-15(2)7-11-18/h5-13,17,20-21H,14H2,1-4H3;4-12,16,19-20H,13H2,1-3H3/t17-,20+,21-;16-,19+,20+/m00/s1. The van der Waals surface area contributed by atoms with Crippen LogP contribution in [0, 0.1) is 39.5 Å². The molecular formula is C45H49F2NO10. The van der Waals surface area contributed by atoms with Crippen LogP contribution in [-0.4, -0.2) is 81.3 Å². The molecule has 11 nitrogen and oxygen atoms in total. The van der Waals surface area contributed by atoms with Gasteiger partial charge in [-0.05, 0) is 76.2 Å². The van der Waals surface area contributed by atoms with Crippen LogP contribution >= 0.6 is 0 Å². The first kappa shape index (κ1) is 46.1. The van der Waals surface area contributed by atoms with Crippen LogP contribution in [0.15, 0.2) is 102 Å². The number of aryl methyl sites for hydroxylation is 4.